The zero-order chi connectivity index (χ0) is 9.90. The van der Waals surface area contributed by atoms with Gasteiger partial charge in [0.15, 0.2) is 5.41 Å². The fraction of sp³-hybridized carbons (Fsp3) is 0.778. The van der Waals surface area contributed by atoms with Crippen LogP contribution in [0.5, 0.6) is 0 Å². The quantitative estimate of drug-likeness (QED) is 0.444. The van der Waals surface area contributed by atoms with Crippen LogP contribution in [0.15, 0.2) is 0 Å². The highest BCUT2D eigenvalue weighted by molar-refractivity contribution is 14.1. The average Bonchev–Trinajstić information content (AvgIpc) is 2.60. The second-order valence-electron chi connectivity index (χ2n) is 3.32. The Morgan fingerprint density at radius 2 is 2.54 bits per heavy atom. The van der Waals surface area contributed by atoms with Gasteiger partial charge in [0.2, 0.25) is 0 Å². The molecule has 0 spiro atoms. The first-order valence-corrected chi connectivity index (χ1v) is 5.79. The fourth-order valence-electron chi connectivity index (χ4n) is 1.93. The Bertz CT molecular complexity index is 248. The van der Waals surface area contributed by atoms with E-state index in [1.54, 1.807) is 0 Å². The molecule has 0 aliphatic heterocycles. The minimum Gasteiger partial charge on any atom is -0.468 e. The molecule has 1 aliphatic rings. The molecule has 0 heterocycles. The first kappa shape index (κ1) is 10.8. The molecule has 0 bridgehead atoms. The molecule has 1 rings (SSSR count). The van der Waals surface area contributed by atoms with Crippen LogP contribution in [-0.4, -0.2) is 17.5 Å². The summed E-state index contributed by atoms with van der Waals surface area (Å²) in [4.78, 5) is 11.5. The third-order valence-corrected chi connectivity index (χ3v) is 3.82. The second kappa shape index (κ2) is 4.27. The van der Waals surface area contributed by atoms with Gasteiger partial charge < -0.3 is 4.74 Å². The van der Waals surface area contributed by atoms with Crippen LogP contribution in [0.1, 0.15) is 19.3 Å². The van der Waals surface area contributed by atoms with Crippen LogP contribution >= 0.6 is 22.6 Å². The van der Waals surface area contributed by atoms with Gasteiger partial charge in [-0.2, -0.15) is 5.26 Å². The number of carbonyl (C=O) groups is 1. The number of carbonyl (C=O) groups excluding carboxylic acids is 1. The molecule has 0 aromatic rings. The minimum absolute atomic E-state index is 0.172. The first-order chi connectivity index (χ1) is 6.21. The molecule has 0 unspecified atom stereocenters. The number of alkyl halides is 1. The Kier molecular flexibility index (Phi) is 3.54. The lowest BCUT2D eigenvalue weighted by molar-refractivity contribution is -0.150. The molecule has 0 aromatic heterocycles. The molecule has 72 valence electrons. The normalized spacial score (nSPS) is 32.5. The van der Waals surface area contributed by atoms with Gasteiger partial charge in [-0.25, -0.2) is 0 Å². The van der Waals surface area contributed by atoms with Gasteiger partial charge in [-0.3, -0.25) is 4.79 Å². The number of ether oxygens (including phenoxy) is 1. The van der Waals surface area contributed by atoms with E-state index in [2.05, 4.69) is 28.7 Å². The molecule has 0 radical (unpaired) electrons. The van der Waals surface area contributed by atoms with E-state index in [1.807, 2.05) is 0 Å². The van der Waals surface area contributed by atoms with Gasteiger partial charge in [0.1, 0.15) is 0 Å². The van der Waals surface area contributed by atoms with E-state index >= 15 is 0 Å². The van der Waals surface area contributed by atoms with Gasteiger partial charge in [-0.15, -0.1) is 0 Å². The number of hydrogen-bond acceptors (Lipinski definition) is 3. The summed E-state index contributed by atoms with van der Waals surface area (Å²) in [5.74, 6) is -0.181. The molecule has 0 aromatic carbocycles. The molecule has 3 nitrogen and oxygen atoms in total. The summed E-state index contributed by atoms with van der Waals surface area (Å²) in [7, 11) is 1.35. The van der Waals surface area contributed by atoms with E-state index in [4.69, 9.17) is 10.00 Å². The highest BCUT2D eigenvalue weighted by atomic mass is 127. The molecule has 0 amide bonds. The largest absolute Gasteiger partial charge is 0.468 e. The SMILES string of the molecule is COC(=O)[C@]1(C#N)CCC[C@@H]1CI. The summed E-state index contributed by atoms with van der Waals surface area (Å²) >= 11 is 2.23. The standard InChI is InChI=1S/C9H12INO2/c1-13-8(12)9(6-11)4-2-3-7(9)5-10/h7H,2-5H2,1H3/t7-,9+/m1/s1. The Labute approximate surface area is 91.6 Å². The van der Waals surface area contributed by atoms with Crippen LogP contribution < -0.4 is 0 Å². The molecule has 13 heavy (non-hydrogen) atoms. The molecular formula is C9H12INO2. The van der Waals surface area contributed by atoms with Crippen molar-refractivity contribution in [2.24, 2.45) is 11.3 Å². The van der Waals surface area contributed by atoms with Crippen molar-refractivity contribution in [1.82, 2.24) is 0 Å². The molecule has 2 atom stereocenters. The average molecular weight is 293 g/mol. The van der Waals surface area contributed by atoms with E-state index in [1.165, 1.54) is 7.11 Å². The number of methoxy groups -OCH3 is 1. The predicted octanol–water partition coefficient (Wildman–Crippen LogP) is 1.90. The Morgan fingerprint density at radius 1 is 1.85 bits per heavy atom. The van der Waals surface area contributed by atoms with E-state index in [9.17, 15) is 4.79 Å². The highest BCUT2D eigenvalue weighted by Crippen LogP contribution is 2.44. The third kappa shape index (κ3) is 1.66. The van der Waals surface area contributed by atoms with Crippen molar-refractivity contribution in [3.05, 3.63) is 0 Å². The molecule has 1 saturated carbocycles. The molecule has 0 N–H and O–H groups in total. The zero-order valence-electron chi connectivity index (χ0n) is 7.55. The van der Waals surface area contributed by atoms with Crippen LogP contribution in [0.4, 0.5) is 0 Å². The molecular weight excluding hydrogens is 281 g/mol. The van der Waals surface area contributed by atoms with Gasteiger partial charge >= 0.3 is 5.97 Å². The van der Waals surface area contributed by atoms with E-state index < -0.39 is 5.41 Å². The van der Waals surface area contributed by atoms with Crippen molar-refractivity contribution in [3.8, 4) is 6.07 Å². The van der Waals surface area contributed by atoms with Gasteiger partial charge in [0.25, 0.3) is 0 Å². The second-order valence-corrected chi connectivity index (χ2v) is 4.20. The zero-order valence-corrected chi connectivity index (χ0v) is 9.70. The number of nitriles is 1. The van der Waals surface area contributed by atoms with Crippen molar-refractivity contribution in [1.29, 1.82) is 5.26 Å². The maximum Gasteiger partial charge on any atom is 0.326 e. The topological polar surface area (TPSA) is 50.1 Å². The maximum absolute atomic E-state index is 11.5. The summed E-state index contributed by atoms with van der Waals surface area (Å²) in [5.41, 5.74) is -0.851. The minimum atomic E-state index is -0.851. The van der Waals surface area contributed by atoms with Crippen LogP contribution in [0.3, 0.4) is 0 Å². The van der Waals surface area contributed by atoms with Crippen LogP contribution in [-0.2, 0) is 9.53 Å². The maximum atomic E-state index is 11.5. The number of esters is 1. The summed E-state index contributed by atoms with van der Waals surface area (Å²) in [6.07, 6.45) is 2.58. The first-order valence-electron chi connectivity index (χ1n) is 4.27. The van der Waals surface area contributed by atoms with Gasteiger partial charge in [-0.05, 0) is 18.8 Å². The summed E-state index contributed by atoms with van der Waals surface area (Å²) in [6, 6.07) is 2.15. The number of rotatable bonds is 2. The number of hydrogen-bond donors (Lipinski definition) is 0. The molecule has 1 fully saturated rings. The molecule has 0 saturated heterocycles. The van der Waals surface area contributed by atoms with E-state index in [-0.39, 0.29) is 11.9 Å². The lowest BCUT2D eigenvalue weighted by Gasteiger charge is -2.23. The fourth-order valence-corrected chi connectivity index (χ4v) is 3.12. The monoisotopic (exact) mass is 293 g/mol. The summed E-state index contributed by atoms with van der Waals surface area (Å²) in [5, 5.41) is 9.07. The Morgan fingerprint density at radius 3 is 3.00 bits per heavy atom. The molecule has 1 aliphatic carbocycles. The van der Waals surface area contributed by atoms with E-state index in [0.717, 1.165) is 17.3 Å². The molecule has 4 heteroatoms. The van der Waals surface area contributed by atoms with Crippen molar-refractivity contribution in [3.63, 3.8) is 0 Å². The van der Waals surface area contributed by atoms with Crippen molar-refractivity contribution in [2.45, 2.75) is 19.3 Å². The van der Waals surface area contributed by atoms with Crippen LogP contribution in [0, 0.1) is 22.7 Å². The van der Waals surface area contributed by atoms with Gasteiger partial charge in [0, 0.05) is 4.43 Å². The van der Waals surface area contributed by atoms with Crippen molar-refractivity contribution in [2.75, 3.05) is 11.5 Å². The van der Waals surface area contributed by atoms with Crippen molar-refractivity contribution < 1.29 is 9.53 Å². The van der Waals surface area contributed by atoms with Gasteiger partial charge in [-0.1, -0.05) is 29.0 Å². The summed E-state index contributed by atoms with van der Waals surface area (Å²) in [6.45, 7) is 0. The number of nitrogens with zero attached hydrogens (tertiary/aromatic N) is 1. The lowest BCUT2D eigenvalue weighted by Crippen LogP contribution is -2.35. The predicted molar refractivity (Wildman–Crippen MR) is 56.3 cm³/mol. The van der Waals surface area contributed by atoms with Crippen LogP contribution in [0.25, 0.3) is 0 Å². The number of halogens is 1. The summed E-state index contributed by atoms with van der Waals surface area (Å²) < 4.78 is 5.54. The Balaban J connectivity index is 2.92. The van der Waals surface area contributed by atoms with Crippen LogP contribution in [0.2, 0.25) is 0 Å². The smallest absolute Gasteiger partial charge is 0.326 e. The van der Waals surface area contributed by atoms with Crippen molar-refractivity contribution >= 4 is 28.6 Å². The lowest BCUT2D eigenvalue weighted by atomic mass is 9.80. The Hall–Kier alpha value is -0.310. The van der Waals surface area contributed by atoms with Gasteiger partial charge in [0.05, 0.1) is 13.2 Å². The third-order valence-electron chi connectivity index (χ3n) is 2.76. The highest BCUT2D eigenvalue weighted by Gasteiger charge is 2.50. The van der Waals surface area contributed by atoms with E-state index in [0.29, 0.717) is 6.42 Å².